The van der Waals surface area contributed by atoms with Crippen molar-refractivity contribution in [3.63, 3.8) is 0 Å². The Kier molecular flexibility index (Phi) is 15.9. The summed E-state index contributed by atoms with van der Waals surface area (Å²) in [4.78, 5) is 0. The molecule has 1 aliphatic carbocycles. The molecule has 1 aliphatic rings. The molecule has 0 fully saturated rings. The summed E-state index contributed by atoms with van der Waals surface area (Å²) < 4.78 is 0. The second-order valence-electron chi connectivity index (χ2n) is 6.45. The normalized spacial score (nSPS) is 15.0. The van der Waals surface area contributed by atoms with Gasteiger partial charge in [-0.25, -0.2) is 5.57 Å². The molecule has 0 aromatic heterocycles. The van der Waals surface area contributed by atoms with Crippen molar-refractivity contribution in [3.05, 3.63) is 72.7 Å². The molecule has 25 heavy (non-hydrogen) atoms. The molecule has 0 spiro atoms. The first-order valence-electron chi connectivity index (χ1n) is 8.23. The molecule has 3 heteroatoms. The molecular formula is C22H32Si2Zr-3. The molecule has 0 aliphatic heterocycles. The smallest absolute Gasteiger partial charge is 0.0809 e. The Balaban J connectivity index is 0. The van der Waals surface area contributed by atoms with Crippen molar-refractivity contribution >= 4 is 26.4 Å². The van der Waals surface area contributed by atoms with Crippen molar-refractivity contribution < 1.29 is 23.3 Å². The Morgan fingerprint density at radius 3 is 1.92 bits per heavy atom. The molecular weight excluding hydrogens is 412 g/mol. The van der Waals surface area contributed by atoms with Gasteiger partial charge >= 0.3 is 30.2 Å². The van der Waals surface area contributed by atoms with Crippen LogP contribution in [0.2, 0.25) is 19.6 Å². The van der Waals surface area contributed by atoms with Gasteiger partial charge in [0.2, 0.25) is 0 Å². The maximum atomic E-state index is 3.36. The fourth-order valence-corrected chi connectivity index (χ4v) is 2.23. The van der Waals surface area contributed by atoms with Gasteiger partial charge in [-0.3, -0.25) is 6.08 Å². The van der Waals surface area contributed by atoms with E-state index in [2.05, 4.69) is 103 Å². The van der Waals surface area contributed by atoms with Crippen LogP contribution in [0.1, 0.15) is 27.7 Å². The Labute approximate surface area is 175 Å². The van der Waals surface area contributed by atoms with E-state index in [9.17, 15) is 0 Å². The third-order valence-corrected chi connectivity index (χ3v) is 3.78. The molecule has 3 rings (SSSR count). The van der Waals surface area contributed by atoms with Crippen LogP contribution >= 0.6 is 0 Å². The number of allylic oxidation sites excluding steroid dienone is 4. The van der Waals surface area contributed by atoms with Crippen molar-refractivity contribution in [1.82, 2.24) is 0 Å². The van der Waals surface area contributed by atoms with Gasteiger partial charge < -0.3 is 7.43 Å². The van der Waals surface area contributed by atoms with Crippen molar-refractivity contribution in [2.45, 2.75) is 47.3 Å². The fourth-order valence-electron chi connectivity index (χ4n) is 2.23. The third kappa shape index (κ3) is 10.4. The average Bonchev–Trinajstić information content (AvgIpc) is 3.11. The van der Waals surface area contributed by atoms with E-state index in [-0.39, 0.29) is 16.2 Å². The molecule has 1 atom stereocenters. The maximum Gasteiger partial charge on any atom is -0.0809 e. The maximum absolute atomic E-state index is 3.36. The Bertz CT molecular complexity index is 632. The van der Waals surface area contributed by atoms with Gasteiger partial charge in [0, 0.05) is 8.80 Å². The minimum atomic E-state index is 0. The molecule has 135 valence electrons. The van der Waals surface area contributed by atoms with E-state index in [1.54, 1.807) is 0 Å². The van der Waals surface area contributed by atoms with Crippen molar-refractivity contribution in [1.29, 1.82) is 0 Å². The van der Waals surface area contributed by atoms with E-state index in [4.69, 9.17) is 0 Å². The van der Waals surface area contributed by atoms with Crippen molar-refractivity contribution in [2.75, 3.05) is 0 Å². The van der Waals surface area contributed by atoms with Gasteiger partial charge in [-0.1, -0.05) is 52.4 Å². The van der Waals surface area contributed by atoms with Crippen LogP contribution in [0.15, 0.2) is 59.2 Å². The number of hydrogen-bond acceptors (Lipinski definition) is 0. The Morgan fingerprint density at radius 2 is 1.56 bits per heavy atom. The van der Waals surface area contributed by atoms with E-state index in [1.807, 2.05) is 0 Å². The quantitative estimate of drug-likeness (QED) is 0.313. The SMILES string of the molecule is CC1=[C-]C(C)C(C)=C1C.C[Si](C)C.[CH3-].[Si]=[Zr].c1ccc2[cH-]ccc2c1. The first kappa shape index (κ1) is 26.9. The fraction of sp³-hybridized carbons (Fsp3) is 0.364. The van der Waals surface area contributed by atoms with E-state index < -0.39 is 0 Å². The van der Waals surface area contributed by atoms with Gasteiger partial charge in [-0.05, 0) is 0 Å². The number of benzene rings is 1. The monoisotopic (exact) mass is 442 g/mol. The minimum Gasteiger partial charge on any atom is -0.168 e. The zero-order valence-corrected chi connectivity index (χ0v) is 21.6. The van der Waals surface area contributed by atoms with Crippen LogP contribution in [0.4, 0.5) is 0 Å². The topological polar surface area (TPSA) is 0 Å². The Morgan fingerprint density at radius 1 is 1.04 bits per heavy atom. The van der Waals surface area contributed by atoms with E-state index in [1.165, 1.54) is 50.8 Å². The van der Waals surface area contributed by atoms with Gasteiger partial charge in [0.25, 0.3) is 0 Å². The third-order valence-electron chi connectivity index (χ3n) is 3.78. The van der Waals surface area contributed by atoms with Crippen LogP contribution in [-0.4, -0.2) is 15.7 Å². The van der Waals surface area contributed by atoms with Gasteiger partial charge in [0.05, 0.1) is 0 Å². The van der Waals surface area contributed by atoms with Crippen LogP contribution in [0.25, 0.3) is 10.8 Å². The summed E-state index contributed by atoms with van der Waals surface area (Å²) in [5.41, 5.74) is 4.25. The summed E-state index contributed by atoms with van der Waals surface area (Å²) in [7, 11) is 0.120. The molecule has 0 amide bonds. The molecule has 2 aromatic rings. The first-order valence-corrected chi connectivity index (χ1v) is 15.4. The van der Waals surface area contributed by atoms with Gasteiger partial charge in [0.1, 0.15) is 0 Å². The van der Waals surface area contributed by atoms with Crippen LogP contribution < -0.4 is 0 Å². The van der Waals surface area contributed by atoms with E-state index in [0.717, 1.165) is 0 Å². The largest absolute Gasteiger partial charge is 0.168 e. The molecule has 3 radical (unpaired) electrons. The molecule has 0 saturated heterocycles. The second kappa shape index (κ2) is 14.8. The number of fused-ring (bicyclic) bond motifs is 1. The van der Waals surface area contributed by atoms with E-state index >= 15 is 0 Å². The summed E-state index contributed by atoms with van der Waals surface area (Å²) in [6, 6.07) is 14.7. The molecule has 0 nitrogen and oxygen atoms in total. The summed E-state index contributed by atoms with van der Waals surface area (Å²) in [5, 5.41) is 2.66. The Hall–Kier alpha value is -0.373. The number of rotatable bonds is 0. The van der Waals surface area contributed by atoms with Crippen LogP contribution in [0.3, 0.4) is 0 Å². The molecule has 2 aromatic carbocycles. The summed E-state index contributed by atoms with van der Waals surface area (Å²) in [5.74, 6) is 0.560. The van der Waals surface area contributed by atoms with Crippen LogP contribution in [0, 0.1) is 19.4 Å². The number of hydrogen-bond donors (Lipinski definition) is 0. The van der Waals surface area contributed by atoms with E-state index in [0.29, 0.717) is 5.92 Å². The minimum absolute atomic E-state index is 0. The summed E-state index contributed by atoms with van der Waals surface area (Å²) in [6.07, 6.45) is 3.36. The zero-order chi connectivity index (χ0) is 18.7. The molecule has 1 unspecified atom stereocenters. The average molecular weight is 444 g/mol. The van der Waals surface area contributed by atoms with Gasteiger partial charge in [-0.15, -0.1) is 36.6 Å². The summed E-state index contributed by atoms with van der Waals surface area (Å²) in [6.45, 7) is 18.5. The molecule has 0 heterocycles. The molecule has 0 saturated carbocycles. The standard InChI is InChI=1S/C9H7.C9H13.C3H9Si.CH3.Si.Zr/c1-2-5-9-7-3-6-8(9)4-1;1-6-5-7(2)9(4)8(6)3;1-4(2)3;;;/h1-7H;6H,1-4H3;1-3H3;1H3;;/q2*-1;;-1;;. The zero-order valence-electron chi connectivity index (χ0n) is 17.1. The van der Waals surface area contributed by atoms with Crippen molar-refractivity contribution in [2.24, 2.45) is 5.92 Å². The molecule has 0 bridgehead atoms. The van der Waals surface area contributed by atoms with Gasteiger partial charge in [-0.2, -0.15) is 28.7 Å². The van der Waals surface area contributed by atoms with Crippen molar-refractivity contribution in [3.8, 4) is 0 Å². The van der Waals surface area contributed by atoms with Gasteiger partial charge in [0.15, 0.2) is 0 Å². The first-order chi connectivity index (χ1) is 11.3. The second-order valence-corrected chi connectivity index (χ2v) is 9.45. The molecule has 0 N–H and O–H groups in total. The predicted molar refractivity (Wildman–Crippen MR) is 115 cm³/mol. The predicted octanol–water partition coefficient (Wildman–Crippen LogP) is 6.72. The summed E-state index contributed by atoms with van der Waals surface area (Å²) >= 11 is 1.36. The van der Waals surface area contributed by atoms with Crippen LogP contribution in [0.5, 0.6) is 0 Å². The van der Waals surface area contributed by atoms with Crippen LogP contribution in [-0.2, 0) is 23.3 Å².